The highest BCUT2D eigenvalue weighted by atomic mass is 32.2. The fraction of sp³-hybridized carbons (Fsp3) is 0.364. The van der Waals surface area contributed by atoms with Gasteiger partial charge in [0, 0.05) is 18.1 Å². The van der Waals surface area contributed by atoms with Crippen LogP contribution >= 0.6 is 11.8 Å². The van der Waals surface area contributed by atoms with Crippen molar-refractivity contribution in [2.75, 3.05) is 12.9 Å². The highest BCUT2D eigenvalue weighted by Gasteiger charge is 2.54. The molecule has 1 N–H and O–H groups in total. The van der Waals surface area contributed by atoms with E-state index < -0.39 is 29.0 Å². The van der Waals surface area contributed by atoms with Crippen molar-refractivity contribution in [3.8, 4) is 0 Å². The van der Waals surface area contributed by atoms with Crippen LogP contribution in [0.2, 0.25) is 0 Å². The topological polar surface area (TPSA) is 97.8 Å². The zero-order valence-electron chi connectivity index (χ0n) is 17.0. The van der Waals surface area contributed by atoms with Gasteiger partial charge in [-0.3, -0.25) is 14.7 Å². The van der Waals surface area contributed by atoms with Gasteiger partial charge in [0.05, 0.1) is 7.11 Å². The van der Waals surface area contributed by atoms with Crippen LogP contribution in [0, 0.1) is 0 Å². The van der Waals surface area contributed by atoms with E-state index in [2.05, 4.69) is 10.3 Å². The molecule has 2 fully saturated rings. The minimum atomic E-state index is -0.981. The number of carbonyl (C=O) groups is 3. The molecule has 2 aromatic rings. The molecule has 1 saturated carbocycles. The first-order chi connectivity index (χ1) is 15.0. The third-order valence-electron chi connectivity index (χ3n) is 5.40. The average molecular weight is 442 g/mol. The summed E-state index contributed by atoms with van der Waals surface area (Å²) in [6.45, 7) is 0.102. The molecule has 1 aliphatic carbocycles. The smallest absolute Gasteiger partial charge is 0.412 e. The number of thioether (sulfide) groups is 1. The lowest BCUT2D eigenvalue weighted by Gasteiger charge is -2.29. The first-order valence-corrected chi connectivity index (χ1v) is 11.0. The zero-order valence-corrected chi connectivity index (χ0v) is 17.8. The van der Waals surface area contributed by atoms with Gasteiger partial charge in [0.2, 0.25) is 5.91 Å². The van der Waals surface area contributed by atoms with E-state index in [-0.39, 0.29) is 12.5 Å². The molecule has 0 bridgehead atoms. The van der Waals surface area contributed by atoms with Crippen molar-refractivity contribution in [3.05, 3.63) is 66.0 Å². The first-order valence-electron chi connectivity index (χ1n) is 9.95. The van der Waals surface area contributed by atoms with Crippen LogP contribution in [-0.2, 0) is 25.7 Å². The molecule has 1 aromatic carbocycles. The van der Waals surface area contributed by atoms with E-state index in [1.165, 1.54) is 23.8 Å². The fourth-order valence-corrected chi connectivity index (χ4v) is 4.95. The lowest BCUT2D eigenvalue weighted by Crippen LogP contribution is -2.53. The maximum atomic E-state index is 13.1. The SMILES string of the molecule is COC(=O)C1(NC(=O)C2CSC(c3ccncc3)N2C(=O)OCc2ccccc2)CC1. The van der Waals surface area contributed by atoms with Crippen LogP contribution in [0.5, 0.6) is 0 Å². The summed E-state index contributed by atoms with van der Waals surface area (Å²) in [6.07, 6.45) is 3.76. The molecule has 4 rings (SSSR count). The maximum absolute atomic E-state index is 13.1. The molecule has 31 heavy (non-hydrogen) atoms. The number of ether oxygens (including phenoxy) is 2. The van der Waals surface area contributed by atoms with Gasteiger partial charge in [-0.05, 0) is 36.1 Å². The molecule has 2 heterocycles. The van der Waals surface area contributed by atoms with Gasteiger partial charge in [0.15, 0.2) is 0 Å². The predicted octanol–water partition coefficient (Wildman–Crippen LogP) is 2.66. The summed E-state index contributed by atoms with van der Waals surface area (Å²) < 4.78 is 10.4. The number of benzene rings is 1. The maximum Gasteiger partial charge on any atom is 0.412 e. The lowest BCUT2D eigenvalue weighted by molar-refractivity contribution is -0.146. The van der Waals surface area contributed by atoms with E-state index in [0.717, 1.165) is 11.1 Å². The van der Waals surface area contributed by atoms with Gasteiger partial charge >= 0.3 is 12.1 Å². The second-order valence-electron chi connectivity index (χ2n) is 7.49. The molecular formula is C22H23N3O5S. The standard InChI is InChI=1S/C22H23N3O5S/c1-29-20(27)22(9-10-22)24-18(26)17-14-31-19(16-7-11-23-12-8-16)25(17)21(28)30-13-15-5-3-2-4-6-15/h2-8,11-12,17,19H,9-10,13-14H2,1H3,(H,24,26). The van der Waals surface area contributed by atoms with Gasteiger partial charge in [-0.15, -0.1) is 11.8 Å². The molecule has 9 heteroatoms. The molecular weight excluding hydrogens is 418 g/mol. The van der Waals surface area contributed by atoms with Crippen molar-refractivity contribution in [1.82, 2.24) is 15.2 Å². The summed E-state index contributed by atoms with van der Waals surface area (Å²) in [5.74, 6) is -0.463. The molecule has 0 spiro atoms. The second kappa shape index (κ2) is 8.97. The summed E-state index contributed by atoms with van der Waals surface area (Å²) in [6, 6.07) is 12.2. The Labute approximate surface area is 184 Å². The summed E-state index contributed by atoms with van der Waals surface area (Å²) in [5.41, 5.74) is 0.720. The highest BCUT2D eigenvalue weighted by Crippen LogP contribution is 2.43. The molecule has 1 aromatic heterocycles. The molecule has 2 amide bonds. The largest absolute Gasteiger partial charge is 0.467 e. The normalized spacial score (nSPS) is 21.3. The van der Waals surface area contributed by atoms with Crippen LogP contribution in [0.25, 0.3) is 0 Å². The predicted molar refractivity (Wildman–Crippen MR) is 114 cm³/mol. The quantitative estimate of drug-likeness (QED) is 0.688. The number of carbonyl (C=O) groups excluding carboxylic acids is 3. The van der Waals surface area contributed by atoms with Gasteiger partial charge in [-0.1, -0.05) is 30.3 Å². The molecule has 8 nitrogen and oxygen atoms in total. The Morgan fingerprint density at radius 1 is 1.16 bits per heavy atom. The third kappa shape index (κ3) is 4.51. The Balaban J connectivity index is 1.53. The summed E-state index contributed by atoms with van der Waals surface area (Å²) in [5, 5.41) is 2.41. The third-order valence-corrected chi connectivity index (χ3v) is 6.72. The number of nitrogens with zero attached hydrogens (tertiary/aromatic N) is 2. The lowest BCUT2D eigenvalue weighted by atomic mass is 10.2. The Morgan fingerprint density at radius 2 is 1.87 bits per heavy atom. The molecule has 0 radical (unpaired) electrons. The van der Waals surface area contributed by atoms with Crippen LogP contribution in [0.15, 0.2) is 54.9 Å². The van der Waals surface area contributed by atoms with E-state index in [4.69, 9.17) is 9.47 Å². The van der Waals surface area contributed by atoms with Gasteiger partial charge in [0.1, 0.15) is 23.6 Å². The average Bonchev–Trinajstić information content (AvgIpc) is 3.45. The van der Waals surface area contributed by atoms with Gasteiger partial charge in [-0.25, -0.2) is 9.59 Å². The monoisotopic (exact) mass is 441 g/mol. The Bertz CT molecular complexity index is 952. The minimum Gasteiger partial charge on any atom is -0.467 e. The molecule has 2 aliphatic rings. The van der Waals surface area contributed by atoms with E-state index >= 15 is 0 Å². The second-order valence-corrected chi connectivity index (χ2v) is 8.61. The van der Waals surface area contributed by atoms with Crippen molar-refractivity contribution in [1.29, 1.82) is 0 Å². The number of nitrogens with one attached hydrogen (secondary N) is 1. The molecule has 2 atom stereocenters. The van der Waals surface area contributed by atoms with Gasteiger partial charge < -0.3 is 14.8 Å². The number of rotatable bonds is 6. The minimum absolute atomic E-state index is 0.102. The van der Waals surface area contributed by atoms with Crippen LogP contribution in [0.1, 0.15) is 29.3 Å². The number of amides is 2. The van der Waals surface area contributed by atoms with E-state index in [1.54, 1.807) is 12.4 Å². The van der Waals surface area contributed by atoms with Crippen LogP contribution < -0.4 is 5.32 Å². The number of hydrogen-bond donors (Lipinski definition) is 1. The number of pyridine rings is 1. The Morgan fingerprint density at radius 3 is 2.52 bits per heavy atom. The van der Waals surface area contributed by atoms with Crippen molar-refractivity contribution in [2.45, 2.75) is 36.4 Å². The molecule has 1 saturated heterocycles. The van der Waals surface area contributed by atoms with Crippen LogP contribution in [0.4, 0.5) is 4.79 Å². The van der Waals surface area contributed by atoms with E-state index in [0.29, 0.717) is 18.6 Å². The molecule has 162 valence electrons. The highest BCUT2D eigenvalue weighted by molar-refractivity contribution is 7.99. The van der Waals surface area contributed by atoms with Crippen molar-refractivity contribution in [2.24, 2.45) is 0 Å². The molecule has 2 unspecified atom stereocenters. The van der Waals surface area contributed by atoms with Crippen LogP contribution in [-0.4, -0.2) is 52.3 Å². The fourth-order valence-electron chi connectivity index (χ4n) is 3.53. The number of methoxy groups -OCH3 is 1. The van der Waals surface area contributed by atoms with Crippen molar-refractivity contribution >= 4 is 29.7 Å². The summed E-state index contributed by atoms with van der Waals surface area (Å²) in [4.78, 5) is 43.7. The number of hydrogen-bond acceptors (Lipinski definition) is 7. The Kier molecular flexibility index (Phi) is 6.13. The van der Waals surface area contributed by atoms with E-state index in [1.807, 2.05) is 42.5 Å². The van der Waals surface area contributed by atoms with Crippen molar-refractivity contribution < 1.29 is 23.9 Å². The van der Waals surface area contributed by atoms with Gasteiger partial charge in [0.25, 0.3) is 0 Å². The zero-order chi connectivity index (χ0) is 21.8. The number of aromatic nitrogens is 1. The van der Waals surface area contributed by atoms with E-state index in [9.17, 15) is 14.4 Å². The van der Waals surface area contributed by atoms with Crippen molar-refractivity contribution in [3.63, 3.8) is 0 Å². The first kappa shape index (κ1) is 21.2. The van der Waals surface area contributed by atoms with Gasteiger partial charge in [-0.2, -0.15) is 0 Å². The number of esters is 1. The van der Waals surface area contributed by atoms with Crippen LogP contribution in [0.3, 0.4) is 0 Å². The Hall–Kier alpha value is -3.07. The molecule has 1 aliphatic heterocycles. The summed E-state index contributed by atoms with van der Waals surface area (Å²) in [7, 11) is 1.30. The summed E-state index contributed by atoms with van der Waals surface area (Å²) >= 11 is 1.47.